The molecule has 1 aromatic heterocycles. The molecule has 1 aromatic carbocycles. The van der Waals surface area contributed by atoms with Crippen LogP contribution in [0.15, 0.2) is 42.6 Å². The van der Waals surface area contributed by atoms with Crippen molar-refractivity contribution in [1.82, 2.24) is 14.7 Å². The van der Waals surface area contributed by atoms with Gasteiger partial charge in [-0.2, -0.15) is 5.10 Å². The van der Waals surface area contributed by atoms with E-state index in [2.05, 4.69) is 5.10 Å². The molecule has 0 saturated heterocycles. The maximum Gasteiger partial charge on any atom is 0.303 e. The van der Waals surface area contributed by atoms with Gasteiger partial charge in [0.1, 0.15) is 5.69 Å². The van der Waals surface area contributed by atoms with Crippen molar-refractivity contribution in [2.75, 3.05) is 6.54 Å². The number of aliphatic carboxylic acids is 1. The molecule has 1 heterocycles. The van der Waals surface area contributed by atoms with Crippen LogP contribution in [0.4, 0.5) is 0 Å². The highest BCUT2D eigenvalue weighted by Crippen LogP contribution is 2.11. The largest absolute Gasteiger partial charge is 0.481 e. The number of rotatable bonds is 7. The smallest absolute Gasteiger partial charge is 0.303 e. The molecule has 0 aliphatic carbocycles. The summed E-state index contributed by atoms with van der Waals surface area (Å²) in [6, 6.07) is 11.3. The lowest BCUT2D eigenvalue weighted by molar-refractivity contribution is -0.137. The van der Waals surface area contributed by atoms with Gasteiger partial charge in [-0.1, -0.05) is 30.3 Å². The van der Waals surface area contributed by atoms with Crippen molar-refractivity contribution in [3.8, 4) is 0 Å². The van der Waals surface area contributed by atoms with Crippen molar-refractivity contribution in [2.24, 2.45) is 7.05 Å². The Kier molecular flexibility index (Phi) is 5.30. The molecule has 116 valence electrons. The van der Waals surface area contributed by atoms with Crippen LogP contribution in [0, 0.1) is 0 Å². The molecule has 22 heavy (non-hydrogen) atoms. The zero-order valence-electron chi connectivity index (χ0n) is 12.5. The van der Waals surface area contributed by atoms with Gasteiger partial charge in [0.25, 0.3) is 5.91 Å². The summed E-state index contributed by atoms with van der Waals surface area (Å²) < 4.78 is 1.53. The molecule has 0 atom stereocenters. The number of hydrogen-bond acceptors (Lipinski definition) is 3. The van der Waals surface area contributed by atoms with Gasteiger partial charge in [0.15, 0.2) is 0 Å². The van der Waals surface area contributed by atoms with Gasteiger partial charge in [-0.15, -0.1) is 0 Å². The van der Waals surface area contributed by atoms with Gasteiger partial charge in [0.2, 0.25) is 0 Å². The van der Waals surface area contributed by atoms with Crippen molar-refractivity contribution in [3.63, 3.8) is 0 Å². The monoisotopic (exact) mass is 301 g/mol. The van der Waals surface area contributed by atoms with E-state index in [1.165, 1.54) is 4.68 Å². The fraction of sp³-hybridized carbons (Fsp3) is 0.312. The second kappa shape index (κ2) is 7.40. The van der Waals surface area contributed by atoms with E-state index in [-0.39, 0.29) is 12.3 Å². The summed E-state index contributed by atoms with van der Waals surface area (Å²) in [6.45, 7) is 0.843. The van der Waals surface area contributed by atoms with E-state index >= 15 is 0 Å². The lowest BCUT2D eigenvalue weighted by atomic mass is 10.2. The normalized spacial score (nSPS) is 10.4. The number of carboxylic acid groups (broad SMARTS) is 1. The third-order valence-electron chi connectivity index (χ3n) is 3.36. The molecule has 2 aromatic rings. The van der Waals surface area contributed by atoms with E-state index in [0.717, 1.165) is 5.56 Å². The van der Waals surface area contributed by atoms with Gasteiger partial charge in [-0.3, -0.25) is 14.3 Å². The quantitative estimate of drug-likeness (QED) is 0.848. The Balaban J connectivity index is 2.12. The molecular formula is C16H19N3O3. The van der Waals surface area contributed by atoms with E-state index in [9.17, 15) is 9.59 Å². The number of aromatic nitrogens is 2. The summed E-state index contributed by atoms with van der Waals surface area (Å²) in [4.78, 5) is 25.0. The molecule has 0 fully saturated rings. The highest BCUT2D eigenvalue weighted by molar-refractivity contribution is 5.92. The molecular weight excluding hydrogens is 282 g/mol. The molecule has 0 aliphatic rings. The Morgan fingerprint density at radius 2 is 1.95 bits per heavy atom. The summed E-state index contributed by atoms with van der Waals surface area (Å²) in [7, 11) is 1.71. The summed E-state index contributed by atoms with van der Waals surface area (Å²) in [6.07, 6.45) is 2.04. The SMILES string of the molecule is Cn1nccc1C(=O)N(CCCC(=O)O)Cc1ccccc1. The highest BCUT2D eigenvalue weighted by atomic mass is 16.4. The molecule has 0 bridgehead atoms. The molecule has 0 radical (unpaired) electrons. The summed E-state index contributed by atoms with van der Waals surface area (Å²) in [5.41, 5.74) is 1.50. The standard InChI is InChI=1S/C16H19N3O3/c1-18-14(9-10-17-18)16(22)19(11-5-8-15(20)21)12-13-6-3-2-4-7-13/h2-4,6-7,9-10H,5,8,11-12H2,1H3,(H,20,21). The summed E-state index contributed by atoms with van der Waals surface area (Å²) >= 11 is 0. The number of hydrogen-bond donors (Lipinski definition) is 1. The van der Waals surface area contributed by atoms with Crippen LogP contribution in [0.1, 0.15) is 28.9 Å². The predicted octanol–water partition coefficient (Wildman–Crippen LogP) is 1.93. The maximum absolute atomic E-state index is 12.6. The Hall–Kier alpha value is -2.63. The number of aryl methyl sites for hydroxylation is 1. The van der Waals surface area contributed by atoms with Crippen molar-refractivity contribution in [2.45, 2.75) is 19.4 Å². The fourth-order valence-corrected chi connectivity index (χ4v) is 2.22. The molecule has 0 unspecified atom stereocenters. The first-order chi connectivity index (χ1) is 10.6. The van der Waals surface area contributed by atoms with E-state index < -0.39 is 5.97 Å². The maximum atomic E-state index is 12.6. The average Bonchev–Trinajstić information content (AvgIpc) is 2.92. The number of carboxylic acids is 1. The van der Waals surface area contributed by atoms with Gasteiger partial charge in [-0.05, 0) is 18.1 Å². The van der Waals surface area contributed by atoms with Gasteiger partial charge >= 0.3 is 5.97 Å². The van der Waals surface area contributed by atoms with Crippen molar-refractivity contribution in [1.29, 1.82) is 0 Å². The first kappa shape index (κ1) is 15.8. The Bertz CT molecular complexity index is 637. The number of carbonyl (C=O) groups excluding carboxylic acids is 1. The van der Waals surface area contributed by atoms with E-state index in [1.807, 2.05) is 30.3 Å². The predicted molar refractivity (Wildman–Crippen MR) is 81.3 cm³/mol. The lowest BCUT2D eigenvalue weighted by Crippen LogP contribution is -2.33. The second-order valence-electron chi connectivity index (χ2n) is 5.05. The summed E-state index contributed by atoms with van der Waals surface area (Å²) in [5, 5.41) is 12.8. The Morgan fingerprint density at radius 1 is 1.23 bits per heavy atom. The van der Waals surface area contributed by atoms with Crippen molar-refractivity contribution >= 4 is 11.9 Å². The van der Waals surface area contributed by atoms with Gasteiger partial charge < -0.3 is 10.0 Å². The van der Waals surface area contributed by atoms with Crippen LogP contribution in [-0.2, 0) is 18.4 Å². The Morgan fingerprint density at radius 3 is 2.55 bits per heavy atom. The first-order valence-electron chi connectivity index (χ1n) is 7.11. The molecule has 0 saturated carbocycles. The van der Waals surface area contributed by atoms with E-state index in [0.29, 0.717) is 25.2 Å². The fourth-order valence-electron chi connectivity index (χ4n) is 2.22. The number of nitrogens with zero attached hydrogens (tertiary/aromatic N) is 3. The molecule has 0 aliphatic heterocycles. The van der Waals surface area contributed by atoms with Crippen molar-refractivity contribution in [3.05, 3.63) is 53.9 Å². The number of benzene rings is 1. The highest BCUT2D eigenvalue weighted by Gasteiger charge is 2.19. The van der Waals surface area contributed by atoms with Crippen LogP contribution in [0.5, 0.6) is 0 Å². The summed E-state index contributed by atoms with van der Waals surface area (Å²) in [5.74, 6) is -0.998. The molecule has 1 N–H and O–H groups in total. The lowest BCUT2D eigenvalue weighted by Gasteiger charge is -2.22. The minimum Gasteiger partial charge on any atom is -0.481 e. The van der Waals surface area contributed by atoms with Crippen LogP contribution < -0.4 is 0 Å². The molecule has 6 heteroatoms. The van der Waals surface area contributed by atoms with Crippen molar-refractivity contribution < 1.29 is 14.7 Å². The van der Waals surface area contributed by atoms with Crippen LogP contribution >= 0.6 is 0 Å². The molecule has 2 rings (SSSR count). The first-order valence-corrected chi connectivity index (χ1v) is 7.11. The average molecular weight is 301 g/mol. The zero-order chi connectivity index (χ0) is 15.9. The zero-order valence-corrected chi connectivity index (χ0v) is 12.5. The molecule has 1 amide bonds. The van der Waals surface area contributed by atoms with Crippen LogP contribution in [0.25, 0.3) is 0 Å². The Labute approximate surface area is 129 Å². The molecule has 0 spiro atoms. The number of carbonyl (C=O) groups is 2. The van der Waals surface area contributed by atoms with Crippen LogP contribution in [0.2, 0.25) is 0 Å². The van der Waals surface area contributed by atoms with Crippen LogP contribution in [-0.4, -0.2) is 38.2 Å². The van der Waals surface area contributed by atoms with Gasteiger partial charge in [0, 0.05) is 32.8 Å². The number of amides is 1. The van der Waals surface area contributed by atoms with Gasteiger partial charge in [-0.25, -0.2) is 0 Å². The topological polar surface area (TPSA) is 75.4 Å². The van der Waals surface area contributed by atoms with Gasteiger partial charge in [0.05, 0.1) is 0 Å². The van der Waals surface area contributed by atoms with E-state index in [1.54, 1.807) is 24.2 Å². The van der Waals surface area contributed by atoms with E-state index in [4.69, 9.17) is 5.11 Å². The third-order valence-corrected chi connectivity index (χ3v) is 3.36. The minimum atomic E-state index is -0.854. The third kappa shape index (κ3) is 4.18. The molecule has 6 nitrogen and oxygen atoms in total. The minimum absolute atomic E-state index is 0.0456. The van der Waals surface area contributed by atoms with Crippen LogP contribution in [0.3, 0.4) is 0 Å². The second-order valence-corrected chi connectivity index (χ2v) is 5.05.